The second kappa shape index (κ2) is 6.56. The van der Waals surface area contributed by atoms with Crippen LogP contribution in [0.5, 0.6) is 0 Å². The van der Waals surface area contributed by atoms with E-state index in [4.69, 9.17) is 5.73 Å². The summed E-state index contributed by atoms with van der Waals surface area (Å²) < 4.78 is 0. The van der Waals surface area contributed by atoms with Crippen molar-refractivity contribution in [2.75, 3.05) is 24.1 Å². The Morgan fingerprint density at radius 1 is 1.25 bits per heavy atom. The van der Waals surface area contributed by atoms with Crippen LogP contribution >= 0.6 is 11.3 Å². The van der Waals surface area contributed by atoms with Gasteiger partial charge in [0.2, 0.25) is 5.91 Å². The van der Waals surface area contributed by atoms with E-state index in [2.05, 4.69) is 20.9 Å². The van der Waals surface area contributed by atoms with Gasteiger partial charge in [0.15, 0.2) is 5.13 Å². The Morgan fingerprint density at radius 2 is 1.85 bits per heavy atom. The number of rotatable bonds is 5. The summed E-state index contributed by atoms with van der Waals surface area (Å²) in [6, 6.07) is 0. The smallest absolute Gasteiger partial charge is 0.265 e. The summed E-state index contributed by atoms with van der Waals surface area (Å²) in [4.78, 5) is 27.1. The number of nitrogens with one attached hydrogen (secondary N) is 3. The second-order valence-corrected chi connectivity index (χ2v) is 6.35. The van der Waals surface area contributed by atoms with Crippen LogP contribution in [0.3, 0.4) is 0 Å². The topological polar surface area (TPSA) is 109 Å². The van der Waals surface area contributed by atoms with Crippen molar-refractivity contribution >= 4 is 34.1 Å². The maximum Gasteiger partial charge on any atom is 0.265 e. The van der Waals surface area contributed by atoms with E-state index in [1.807, 2.05) is 20.8 Å². The molecule has 1 heterocycles. The van der Waals surface area contributed by atoms with Gasteiger partial charge in [-0.05, 0) is 20.8 Å². The van der Waals surface area contributed by atoms with Crippen LogP contribution in [0.15, 0.2) is 0 Å². The summed E-state index contributed by atoms with van der Waals surface area (Å²) in [7, 11) is 0. The Balaban J connectivity index is 2.58. The highest BCUT2D eigenvalue weighted by molar-refractivity contribution is 7.18. The fraction of sp³-hybridized carbons (Fsp3) is 0.583. The third-order valence-electron chi connectivity index (χ3n) is 2.13. The lowest BCUT2D eigenvalue weighted by Gasteiger charge is -2.19. The number of amides is 2. The van der Waals surface area contributed by atoms with Gasteiger partial charge in [-0.3, -0.25) is 9.59 Å². The highest BCUT2D eigenvalue weighted by Crippen LogP contribution is 2.26. The Labute approximate surface area is 122 Å². The van der Waals surface area contributed by atoms with Gasteiger partial charge < -0.3 is 21.7 Å². The highest BCUT2D eigenvalue weighted by Gasteiger charge is 2.18. The number of aromatic nitrogens is 1. The van der Waals surface area contributed by atoms with Crippen LogP contribution in [0.4, 0.5) is 10.9 Å². The SMILES string of the molecule is CC(=O)NCCNC(=O)c1sc(NC(C)(C)C)nc1N. The number of thiazole rings is 1. The maximum atomic E-state index is 11.9. The van der Waals surface area contributed by atoms with E-state index < -0.39 is 0 Å². The van der Waals surface area contributed by atoms with E-state index in [1.165, 1.54) is 18.3 Å². The number of carbonyl (C=O) groups is 2. The predicted octanol–water partition coefficient (Wildman–Crippen LogP) is 0.802. The molecule has 0 bridgehead atoms. The van der Waals surface area contributed by atoms with Crippen molar-refractivity contribution in [1.82, 2.24) is 15.6 Å². The van der Waals surface area contributed by atoms with Crippen LogP contribution in [0.2, 0.25) is 0 Å². The molecular weight excluding hydrogens is 278 g/mol. The fourth-order valence-electron chi connectivity index (χ4n) is 1.36. The van der Waals surface area contributed by atoms with Gasteiger partial charge in [0.25, 0.3) is 5.91 Å². The van der Waals surface area contributed by atoms with Crippen molar-refractivity contribution in [3.63, 3.8) is 0 Å². The molecule has 0 spiro atoms. The van der Waals surface area contributed by atoms with Gasteiger partial charge in [-0.2, -0.15) is 0 Å². The van der Waals surface area contributed by atoms with Gasteiger partial charge in [0.05, 0.1) is 0 Å². The third kappa shape index (κ3) is 5.43. The zero-order chi connectivity index (χ0) is 15.3. The fourth-order valence-corrected chi connectivity index (χ4v) is 2.37. The van der Waals surface area contributed by atoms with Crippen LogP contribution in [-0.4, -0.2) is 35.4 Å². The molecule has 7 nitrogen and oxygen atoms in total. The molecule has 5 N–H and O–H groups in total. The molecule has 0 fully saturated rings. The van der Waals surface area contributed by atoms with E-state index in [9.17, 15) is 9.59 Å². The lowest BCUT2D eigenvalue weighted by Crippen LogP contribution is -2.33. The summed E-state index contributed by atoms with van der Waals surface area (Å²) in [6.07, 6.45) is 0. The normalized spacial score (nSPS) is 11.0. The number of nitrogens with zero attached hydrogens (tertiary/aromatic N) is 1. The maximum absolute atomic E-state index is 11.9. The minimum absolute atomic E-state index is 0.131. The van der Waals surface area contributed by atoms with Crippen molar-refractivity contribution in [2.45, 2.75) is 33.2 Å². The molecule has 0 aliphatic rings. The molecule has 1 aromatic rings. The summed E-state index contributed by atoms with van der Waals surface area (Å²) in [6.45, 7) is 8.14. The standard InChI is InChI=1S/C12H21N5O2S/c1-7(18)14-5-6-15-10(19)8-9(13)16-11(20-8)17-12(2,3)4/h5-6,13H2,1-4H3,(H,14,18)(H,15,19)(H,16,17). The quantitative estimate of drug-likeness (QED) is 0.601. The minimum atomic E-state index is -0.285. The first-order valence-corrected chi connectivity index (χ1v) is 7.08. The lowest BCUT2D eigenvalue weighted by atomic mass is 10.1. The Morgan fingerprint density at radius 3 is 2.40 bits per heavy atom. The first-order chi connectivity index (χ1) is 9.19. The highest BCUT2D eigenvalue weighted by atomic mass is 32.1. The van der Waals surface area contributed by atoms with Gasteiger partial charge >= 0.3 is 0 Å². The van der Waals surface area contributed by atoms with Crippen LogP contribution in [-0.2, 0) is 4.79 Å². The van der Waals surface area contributed by atoms with Crippen molar-refractivity contribution in [3.05, 3.63) is 4.88 Å². The van der Waals surface area contributed by atoms with Crippen LogP contribution in [0, 0.1) is 0 Å². The average Bonchev–Trinajstić information content (AvgIpc) is 2.62. The molecular formula is C12H21N5O2S. The number of anilines is 2. The van der Waals surface area contributed by atoms with Gasteiger partial charge in [-0.15, -0.1) is 0 Å². The summed E-state index contributed by atoms with van der Waals surface area (Å²) in [5, 5.41) is 9.06. The van der Waals surface area contributed by atoms with Gasteiger partial charge in [-0.25, -0.2) is 4.98 Å². The summed E-state index contributed by atoms with van der Waals surface area (Å²) in [5.74, 6) is -0.209. The Hall–Kier alpha value is -1.83. The van der Waals surface area contributed by atoms with Crippen molar-refractivity contribution in [1.29, 1.82) is 0 Å². The van der Waals surface area contributed by atoms with E-state index in [0.717, 1.165) is 0 Å². The van der Waals surface area contributed by atoms with Crippen molar-refractivity contribution in [2.24, 2.45) is 0 Å². The molecule has 0 saturated heterocycles. The Bertz CT molecular complexity index is 493. The summed E-state index contributed by atoms with van der Waals surface area (Å²) in [5.41, 5.74) is 5.59. The monoisotopic (exact) mass is 299 g/mol. The number of nitrogens with two attached hydrogens (primary N) is 1. The van der Waals surface area contributed by atoms with E-state index in [-0.39, 0.29) is 23.2 Å². The van der Waals surface area contributed by atoms with Crippen LogP contribution < -0.4 is 21.7 Å². The predicted molar refractivity (Wildman–Crippen MR) is 80.9 cm³/mol. The van der Waals surface area contributed by atoms with E-state index in [1.54, 1.807) is 0 Å². The number of hydrogen-bond acceptors (Lipinski definition) is 6. The average molecular weight is 299 g/mol. The molecule has 0 atom stereocenters. The first kappa shape index (κ1) is 16.2. The zero-order valence-corrected chi connectivity index (χ0v) is 13.0. The van der Waals surface area contributed by atoms with Gasteiger partial charge in [-0.1, -0.05) is 11.3 Å². The molecule has 0 aliphatic heterocycles. The molecule has 1 aromatic heterocycles. The zero-order valence-electron chi connectivity index (χ0n) is 12.2. The second-order valence-electron chi connectivity index (χ2n) is 5.35. The molecule has 0 aromatic carbocycles. The van der Waals surface area contributed by atoms with Gasteiger partial charge in [0.1, 0.15) is 10.7 Å². The molecule has 0 aliphatic carbocycles. The number of carbonyl (C=O) groups excluding carboxylic acids is 2. The lowest BCUT2D eigenvalue weighted by molar-refractivity contribution is -0.118. The van der Waals surface area contributed by atoms with E-state index in [0.29, 0.717) is 23.1 Å². The molecule has 1 rings (SSSR count). The van der Waals surface area contributed by atoms with Gasteiger partial charge in [0, 0.05) is 25.6 Å². The van der Waals surface area contributed by atoms with Crippen molar-refractivity contribution < 1.29 is 9.59 Å². The summed E-state index contributed by atoms with van der Waals surface area (Å²) >= 11 is 1.21. The molecule has 2 amide bonds. The number of nitrogen functional groups attached to an aromatic ring is 1. The molecule has 8 heteroatoms. The third-order valence-corrected chi connectivity index (χ3v) is 3.11. The molecule has 112 valence electrons. The van der Waals surface area contributed by atoms with Crippen LogP contribution in [0.1, 0.15) is 37.4 Å². The Kier molecular flexibility index (Phi) is 5.32. The van der Waals surface area contributed by atoms with Crippen molar-refractivity contribution in [3.8, 4) is 0 Å². The molecule has 0 saturated carbocycles. The minimum Gasteiger partial charge on any atom is -0.382 e. The molecule has 20 heavy (non-hydrogen) atoms. The molecule has 0 radical (unpaired) electrons. The van der Waals surface area contributed by atoms with E-state index >= 15 is 0 Å². The number of hydrogen-bond donors (Lipinski definition) is 4. The largest absolute Gasteiger partial charge is 0.382 e. The van der Waals surface area contributed by atoms with Crippen LogP contribution in [0.25, 0.3) is 0 Å². The first-order valence-electron chi connectivity index (χ1n) is 6.26. The molecule has 0 unspecified atom stereocenters.